The van der Waals surface area contributed by atoms with Gasteiger partial charge in [0.15, 0.2) is 0 Å². The number of hydrogen-bond donors (Lipinski definition) is 1. The Morgan fingerprint density at radius 2 is 1.71 bits per heavy atom. The lowest BCUT2D eigenvalue weighted by molar-refractivity contribution is 0.0927. The Morgan fingerprint density at radius 3 is 2.39 bits per heavy atom. The lowest BCUT2D eigenvalue weighted by Crippen LogP contribution is -2.37. The maximum absolute atomic E-state index is 13.1. The first kappa shape index (κ1) is 18.6. The smallest absolute Gasteiger partial charge is 0.227 e. The molecule has 2 heterocycles. The van der Waals surface area contributed by atoms with Gasteiger partial charge in [-0.3, -0.25) is 0 Å². The molecule has 1 saturated heterocycles. The summed E-state index contributed by atoms with van der Waals surface area (Å²) in [4.78, 5) is 13.8. The topological polar surface area (TPSA) is 52.5 Å². The fourth-order valence-electron chi connectivity index (χ4n) is 3.88. The van der Waals surface area contributed by atoms with Crippen molar-refractivity contribution in [3.05, 3.63) is 59.9 Å². The highest BCUT2D eigenvalue weighted by Crippen LogP contribution is 2.33. The second-order valence-corrected chi connectivity index (χ2v) is 7.58. The van der Waals surface area contributed by atoms with Gasteiger partial charge in [0.25, 0.3) is 0 Å². The van der Waals surface area contributed by atoms with E-state index in [9.17, 15) is 9.50 Å². The van der Waals surface area contributed by atoms with Crippen LogP contribution in [0.3, 0.4) is 0 Å². The molecule has 0 aliphatic carbocycles. The van der Waals surface area contributed by atoms with E-state index >= 15 is 0 Å². The molecule has 4 rings (SSSR count). The van der Waals surface area contributed by atoms with Crippen molar-refractivity contribution in [2.75, 3.05) is 37.0 Å². The van der Waals surface area contributed by atoms with Crippen molar-refractivity contribution >= 4 is 22.7 Å². The van der Waals surface area contributed by atoms with Crippen LogP contribution in [0.4, 0.5) is 16.2 Å². The highest BCUT2D eigenvalue weighted by atomic mass is 19.1. The Hall–Kier alpha value is -2.73. The van der Waals surface area contributed by atoms with Crippen LogP contribution in [0, 0.1) is 11.7 Å². The molecule has 0 amide bonds. The lowest BCUT2D eigenvalue weighted by Gasteiger charge is -2.34. The first-order valence-corrected chi connectivity index (χ1v) is 9.65. The first-order valence-electron chi connectivity index (χ1n) is 9.65. The van der Waals surface area contributed by atoms with Crippen molar-refractivity contribution in [3.8, 4) is 0 Å². The van der Waals surface area contributed by atoms with Crippen molar-refractivity contribution in [1.82, 2.24) is 9.97 Å². The minimum absolute atomic E-state index is 0.149. The molecule has 5 nitrogen and oxygen atoms in total. The summed E-state index contributed by atoms with van der Waals surface area (Å²) in [6, 6.07) is 14.2. The number of para-hydroxylation sites is 1. The third kappa shape index (κ3) is 3.64. The molecule has 1 N–H and O–H groups in total. The van der Waals surface area contributed by atoms with E-state index < -0.39 is 6.10 Å². The molecule has 3 aromatic rings. The monoisotopic (exact) mass is 380 g/mol. The summed E-state index contributed by atoms with van der Waals surface area (Å²) in [5, 5.41) is 11.7. The van der Waals surface area contributed by atoms with Crippen molar-refractivity contribution in [2.24, 2.45) is 5.92 Å². The third-order valence-corrected chi connectivity index (χ3v) is 5.48. The van der Waals surface area contributed by atoms with Gasteiger partial charge < -0.3 is 14.9 Å². The molecule has 2 aromatic carbocycles. The summed E-state index contributed by atoms with van der Waals surface area (Å²) >= 11 is 0. The number of hydrogen-bond acceptors (Lipinski definition) is 5. The van der Waals surface area contributed by atoms with Crippen LogP contribution in [-0.2, 0) is 0 Å². The first-order chi connectivity index (χ1) is 13.5. The van der Waals surface area contributed by atoms with Crippen LogP contribution >= 0.6 is 0 Å². The Bertz CT molecular complexity index is 952. The fourth-order valence-corrected chi connectivity index (χ4v) is 3.88. The zero-order valence-electron chi connectivity index (χ0n) is 16.2. The van der Waals surface area contributed by atoms with Gasteiger partial charge in [-0.15, -0.1) is 0 Å². The number of rotatable bonds is 4. The predicted octanol–water partition coefficient (Wildman–Crippen LogP) is 3.78. The molecule has 1 aliphatic rings. The van der Waals surface area contributed by atoms with Crippen molar-refractivity contribution in [3.63, 3.8) is 0 Å². The summed E-state index contributed by atoms with van der Waals surface area (Å²) in [5.74, 6) is 1.51. The summed E-state index contributed by atoms with van der Waals surface area (Å²) in [6.45, 7) is 1.57. The number of nitrogens with zero attached hydrogens (tertiary/aromatic N) is 4. The molecule has 1 atom stereocenters. The van der Waals surface area contributed by atoms with E-state index in [-0.39, 0.29) is 11.7 Å². The van der Waals surface area contributed by atoms with E-state index in [4.69, 9.17) is 9.97 Å². The van der Waals surface area contributed by atoms with Crippen molar-refractivity contribution < 1.29 is 9.50 Å². The van der Waals surface area contributed by atoms with E-state index in [0.29, 0.717) is 0 Å². The van der Waals surface area contributed by atoms with Crippen LogP contribution in [0.1, 0.15) is 24.5 Å². The molecular weight excluding hydrogens is 355 g/mol. The normalized spacial score (nSPS) is 16.4. The molecule has 0 bridgehead atoms. The highest BCUT2D eigenvalue weighted by molar-refractivity contribution is 5.90. The average molecular weight is 380 g/mol. The predicted molar refractivity (Wildman–Crippen MR) is 110 cm³/mol. The Labute approximate surface area is 164 Å². The molecule has 1 fully saturated rings. The molecule has 0 spiro atoms. The lowest BCUT2D eigenvalue weighted by atomic mass is 9.87. The van der Waals surface area contributed by atoms with Crippen LogP contribution in [0.5, 0.6) is 0 Å². The van der Waals surface area contributed by atoms with E-state index in [1.807, 2.05) is 43.3 Å². The molecule has 0 radical (unpaired) electrons. The maximum atomic E-state index is 13.1. The standard InChI is InChI=1S/C22H25FN4O/c1-26(2)21-18-5-3-4-6-19(18)24-22(25-21)27-13-11-16(12-14-27)20(28)15-7-9-17(23)10-8-15/h3-10,16,20,28H,11-14H2,1-2H3. The number of halogens is 1. The van der Waals surface area contributed by atoms with Gasteiger partial charge in [0.05, 0.1) is 11.6 Å². The van der Waals surface area contributed by atoms with Gasteiger partial charge >= 0.3 is 0 Å². The molecule has 1 aliphatic heterocycles. The Morgan fingerprint density at radius 1 is 1.04 bits per heavy atom. The number of aliphatic hydroxyl groups excluding tert-OH is 1. The molecule has 6 heteroatoms. The number of aliphatic hydroxyl groups is 1. The van der Waals surface area contributed by atoms with Crippen LogP contribution in [0.2, 0.25) is 0 Å². The van der Waals surface area contributed by atoms with Crippen LogP contribution in [0.25, 0.3) is 10.9 Å². The molecule has 1 aromatic heterocycles. The van der Waals surface area contributed by atoms with Gasteiger partial charge in [-0.25, -0.2) is 9.37 Å². The van der Waals surface area contributed by atoms with E-state index in [1.165, 1.54) is 12.1 Å². The number of piperidine rings is 1. The van der Waals surface area contributed by atoms with Gasteiger partial charge in [-0.05, 0) is 48.6 Å². The fraction of sp³-hybridized carbons (Fsp3) is 0.364. The van der Waals surface area contributed by atoms with E-state index in [0.717, 1.165) is 54.2 Å². The largest absolute Gasteiger partial charge is 0.388 e. The van der Waals surface area contributed by atoms with Gasteiger partial charge in [0, 0.05) is 32.6 Å². The molecule has 146 valence electrons. The summed E-state index contributed by atoms with van der Waals surface area (Å²) in [5.41, 5.74) is 1.71. The number of aromatic nitrogens is 2. The minimum Gasteiger partial charge on any atom is -0.388 e. The summed E-state index contributed by atoms with van der Waals surface area (Å²) in [6.07, 6.45) is 1.11. The van der Waals surface area contributed by atoms with Crippen LogP contribution in [0.15, 0.2) is 48.5 Å². The second kappa shape index (κ2) is 7.72. The zero-order valence-corrected chi connectivity index (χ0v) is 16.2. The third-order valence-electron chi connectivity index (χ3n) is 5.48. The SMILES string of the molecule is CN(C)c1nc(N2CCC(C(O)c3ccc(F)cc3)CC2)nc2ccccc12. The van der Waals surface area contributed by atoms with Crippen LogP contribution in [-0.4, -0.2) is 42.3 Å². The van der Waals surface area contributed by atoms with Gasteiger partial charge in [-0.2, -0.15) is 4.98 Å². The average Bonchev–Trinajstić information content (AvgIpc) is 2.73. The summed E-state index contributed by atoms with van der Waals surface area (Å²) in [7, 11) is 3.98. The quantitative estimate of drug-likeness (QED) is 0.746. The van der Waals surface area contributed by atoms with Gasteiger partial charge in [0.2, 0.25) is 5.95 Å². The summed E-state index contributed by atoms with van der Waals surface area (Å²) < 4.78 is 13.1. The van der Waals surface area contributed by atoms with Crippen molar-refractivity contribution in [2.45, 2.75) is 18.9 Å². The molecular formula is C22H25FN4O. The number of fused-ring (bicyclic) bond motifs is 1. The van der Waals surface area contributed by atoms with E-state index in [1.54, 1.807) is 12.1 Å². The maximum Gasteiger partial charge on any atom is 0.227 e. The number of anilines is 2. The Balaban J connectivity index is 1.51. The molecule has 1 unspecified atom stereocenters. The van der Waals surface area contributed by atoms with Gasteiger partial charge in [0.1, 0.15) is 11.6 Å². The number of benzene rings is 2. The van der Waals surface area contributed by atoms with Gasteiger partial charge in [-0.1, -0.05) is 24.3 Å². The van der Waals surface area contributed by atoms with Crippen LogP contribution < -0.4 is 9.80 Å². The minimum atomic E-state index is -0.572. The molecule has 0 saturated carbocycles. The second-order valence-electron chi connectivity index (χ2n) is 7.58. The van der Waals surface area contributed by atoms with Crippen molar-refractivity contribution in [1.29, 1.82) is 0 Å². The van der Waals surface area contributed by atoms with E-state index in [2.05, 4.69) is 4.90 Å². The highest BCUT2D eigenvalue weighted by Gasteiger charge is 2.28. The zero-order chi connectivity index (χ0) is 19.7. The molecule has 28 heavy (non-hydrogen) atoms. The Kier molecular flexibility index (Phi) is 5.13.